The lowest BCUT2D eigenvalue weighted by molar-refractivity contribution is -0.498. The monoisotopic (exact) mass is 384 g/mol. The molecule has 1 heterocycles. The highest BCUT2D eigenvalue weighted by atomic mass is 16.5. The van der Waals surface area contributed by atoms with Crippen molar-refractivity contribution < 1.29 is 14.1 Å². The van der Waals surface area contributed by atoms with E-state index in [9.17, 15) is 0 Å². The van der Waals surface area contributed by atoms with Crippen molar-refractivity contribution in [3.63, 3.8) is 0 Å². The molecule has 0 saturated carbocycles. The highest BCUT2D eigenvalue weighted by Crippen LogP contribution is 2.24. The van der Waals surface area contributed by atoms with Crippen LogP contribution in [0.4, 0.5) is 0 Å². The number of methoxy groups -OCH3 is 1. The molecular weight excluding hydrogens is 358 g/mol. The van der Waals surface area contributed by atoms with Crippen molar-refractivity contribution in [1.29, 1.82) is 0 Å². The van der Waals surface area contributed by atoms with Gasteiger partial charge in [0.25, 0.3) is 0 Å². The molecule has 4 aromatic rings. The Morgan fingerprint density at radius 2 is 1.66 bits per heavy atom. The largest absolute Gasteiger partial charge is 0.497 e. The first-order valence-corrected chi connectivity index (χ1v) is 10.1. The van der Waals surface area contributed by atoms with Gasteiger partial charge >= 0.3 is 0 Å². The molecule has 0 radical (unpaired) electrons. The van der Waals surface area contributed by atoms with Crippen LogP contribution in [0.3, 0.4) is 0 Å². The van der Waals surface area contributed by atoms with Crippen molar-refractivity contribution in [2.24, 2.45) is 0 Å². The lowest BCUT2D eigenvalue weighted by Crippen LogP contribution is -2.77. The van der Waals surface area contributed by atoms with Crippen LogP contribution in [0.2, 0.25) is 0 Å². The van der Waals surface area contributed by atoms with Gasteiger partial charge in [-0.3, -0.25) is 0 Å². The lowest BCUT2D eigenvalue weighted by Gasteiger charge is -2.06. The van der Waals surface area contributed by atoms with E-state index < -0.39 is 0 Å². The first-order valence-electron chi connectivity index (χ1n) is 10.1. The summed E-state index contributed by atoms with van der Waals surface area (Å²) < 4.78 is 11.5. The Balaban J connectivity index is 1.77. The minimum Gasteiger partial charge on any atom is -0.497 e. The van der Waals surface area contributed by atoms with Crippen molar-refractivity contribution in [2.75, 3.05) is 13.7 Å². The van der Waals surface area contributed by atoms with Crippen molar-refractivity contribution >= 4 is 11.0 Å². The van der Waals surface area contributed by atoms with E-state index in [0.717, 1.165) is 52.8 Å². The standard InChI is InChI=1S/C26H25NO2/c1-3-19-9-14-25-23(17-19)24(27-16-15-20-7-5-4-6-8-20)18-26(29-25)21-10-12-22(28-2)13-11-21/h4-14,17-18H,3,15-16H2,1-2H3/p+1. The molecule has 0 unspecified atom stereocenters. The van der Waals surface area contributed by atoms with Gasteiger partial charge in [0.1, 0.15) is 23.6 Å². The van der Waals surface area contributed by atoms with Crippen molar-refractivity contribution in [2.45, 2.75) is 19.8 Å². The number of benzene rings is 3. The van der Waals surface area contributed by atoms with Crippen LogP contribution < -0.4 is 15.1 Å². The van der Waals surface area contributed by atoms with Crippen LogP contribution in [-0.4, -0.2) is 13.7 Å². The van der Waals surface area contributed by atoms with Crippen LogP contribution in [0.25, 0.3) is 22.3 Å². The fourth-order valence-corrected chi connectivity index (χ4v) is 3.48. The zero-order valence-corrected chi connectivity index (χ0v) is 16.9. The molecule has 0 saturated heterocycles. The van der Waals surface area contributed by atoms with Gasteiger partial charge in [-0.15, -0.1) is 0 Å². The maximum atomic E-state index is 6.25. The smallest absolute Gasteiger partial charge is 0.213 e. The molecule has 0 atom stereocenters. The second kappa shape index (κ2) is 8.78. The third kappa shape index (κ3) is 4.40. The van der Waals surface area contributed by atoms with Gasteiger partial charge in [0.15, 0.2) is 0 Å². The Labute approximate surface area is 171 Å². The molecule has 3 heteroatoms. The quantitative estimate of drug-likeness (QED) is 0.547. The molecule has 29 heavy (non-hydrogen) atoms. The molecule has 0 amide bonds. The molecular formula is C26H26NO2+. The summed E-state index contributed by atoms with van der Waals surface area (Å²) >= 11 is 0. The van der Waals surface area contributed by atoms with E-state index in [0.29, 0.717) is 0 Å². The lowest BCUT2D eigenvalue weighted by atomic mass is 10.1. The zero-order valence-electron chi connectivity index (χ0n) is 16.9. The Bertz CT molecular complexity index is 1160. The molecule has 3 aromatic carbocycles. The summed E-state index contributed by atoms with van der Waals surface area (Å²) in [6.07, 6.45) is 1.97. The first kappa shape index (κ1) is 19.0. The predicted molar refractivity (Wildman–Crippen MR) is 117 cm³/mol. The summed E-state index contributed by atoms with van der Waals surface area (Å²) in [6.45, 7) is 3.04. The fourth-order valence-electron chi connectivity index (χ4n) is 3.48. The van der Waals surface area contributed by atoms with E-state index in [1.54, 1.807) is 7.11 Å². The maximum Gasteiger partial charge on any atom is 0.213 e. The molecule has 4 rings (SSSR count). The maximum absolute atomic E-state index is 6.25. The van der Waals surface area contributed by atoms with Gasteiger partial charge in [-0.1, -0.05) is 43.3 Å². The molecule has 0 spiro atoms. The summed E-state index contributed by atoms with van der Waals surface area (Å²) in [7, 11) is 1.68. The van der Waals surface area contributed by atoms with Crippen LogP contribution in [0, 0.1) is 0 Å². The van der Waals surface area contributed by atoms with Crippen LogP contribution in [-0.2, 0) is 12.8 Å². The zero-order chi connectivity index (χ0) is 20.1. The van der Waals surface area contributed by atoms with Gasteiger partial charge < -0.3 is 9.15 Å². The average Bonchev–Trinajstić information content (AvgIpc) is 2.79. The number of rotatable bonds is 6. The Morgan fingerprint density at radius 3 is 2.38 bits per heavy atom. The van der Waals surface area contributed by atoms with Gasteiger partial charge in [0.05, 0.1) is 18.6 Å². The van der Waals surface area contributed by atoms with Crippen LogP contribution in [0.1, 0.15) is 18.1 Å². The Kier molecular flexibility index (Phi) is 5.76. The van der Waals surface area contributed by atoms with E-state index in [-0.39, 0.29) is 0 Å². The molecule has 1 aromatic heterocycles. The van der Waals surface area contributed by atoms with Crippen molar-refractivity contribution in [3.05, 3.63) is 95.3 Å². The van der Waals surface area contributed by atoms with E-state index in [2.05, 4.69) is 66.5 Å². The van der Waals surface area contributed by atoms with E-state index >= 15 is 0 Å². The molecule has 0 aliphatic heterocycles. The molecule has 0 aliphatic carbocycles. The summed E-state index contributed by atoms with van der Waals surface area (Å²) in [4.78, 5) is 3.64. The number of fused-ring (bicyclic) bond motifs is 1. The first-order chi connectivity index (χ1) is 14.3. The van der Waals surface area contributed by atoms with Crippen LogP contribution in [0.5, 0.6) is 5.75 Å². The summed E-state index contributed by atoms with van der Waals surface area (Å²) in [6, 6.07) is 27.1. The number of aryl methyl sites for hydroxylation is 1. The number of hydrogen-bond acceptors (Lipinski definition) is 2. The van der Waals surface area contributed by atoms with E-state index in [1.807, 2.05) is 24.3 Å². The minimum atomic E-state index is 0.836. The summed E-state index contributed by atoms with van der Waals surface area (Å²) in [5.74, 6) is 1.68. The average molecular weight is 384 g/mol. The van der Waals surface area contributed by atoms with Gasteiger partial charge in [-0.25, -0.2) is 4.99 Å². The summed E-state index contributed by atoms with van der Waals surface area (Å²) in [5.41, 5.74) is 4.54. The minimum absolute atomic E-state index is 0.836. The second-order valence-electron chi connectivity index (χ2n) is 7.10. The van der Waals surface area contributed by atoms with Gasteiger partial charge in [0, 0.05) is 12.0 Å². The number of nitrogens with one attached hydrogen (secondary N) is 1. The van der Waals surface area contributed by atoms with Crippen LogP contribution in [0.15, 0.2) is 83.3 Å². The normalized spacial score (nSPS) is 11.7. The predicted octanol–water partition coefficient (Wildman–Crippen LogP) is 3.89. The summed E-state index contributed by atoms with van der Waals surface area (Å²) in [5, 5.41) is 2.22. The number of hydrogen-bond donors (Lipinski definition) is 1. The highest BCUT2D eigenvalue weighted by Gasteiger charge is 2.10. The molecule has 0 aliphatic rings. The molecule has 146 valence electrons. The van der Waals surface area contributed by atoms with Gasteiger partial charge in [-0.05, 0) is 53.9 Å². The molecule has 0 fully saturated rings. The highest BCUT2D eigenvalue weighted by molar-refractivity contribution is 5.78. The Hall–Kier alpha value is -3.33. The third-order valence-electron chi connectivity index (χ3n) is 5.18. The molecule has 1 N–H and O–H groups in total. The van der Waals surface area contributed by atoms with Crippen molar-refractivity contribution in [1.82, 2.24) is 0 Å². The topological polar surface area (TPSA) is 36.3 Å². The molecule has 3 nitrogen and oxygen atoms in total. The third-order valence-corrected chi connectivity index (χ3v) is 5.18. The fraction of sp³-hybridized carbons (Fsp3) is 0.192. The second-order valence-corrected chi connectivity index (χ2v) is 7.10. The van der Waals surface area contributed by atoms with Crippen molar-refractivity contribution in [3.8, 4) is 17.1 Å². The van der Waals surface area contributed by atoms with E-state index in [4.69, 9.17) is 9.15 Å². The Morgan fingerprint density at radius 1 is 0.862 bits per heavy atom. The van der Waals surface area contributed by atoms with E-state index in [1.165, 1.54) is 11.1 Å². The van der Waals surface area contributed by atoms with Gasteiger partial charge in [-0.2, -0.15) is 0 Å². The van der Waals surface area contributed by atoms with Crippen LogP contribution >= 0.6 is 0 Å². The SMILES string of the molecule is CCc1ccc2oc(-c3ccc(OC)cc3)cc(=[NH+]CCc3ccccc3)c2c1. The molecule has 0 bridgehead atoms. The number of ether oxygens (including phenoxy) is 1. The van der Waals surface area contributed by atoms with Gasteiger partial charge in [0.2, 0.25) is 5.36 Å².